The molecule has 22 heavy (non-hydrogen) atoms. The van der Waals surface area contributed by atoms with Gasteiger partial charge >= 0.3 is 16.4 Å². The SMILES string of the molecule is COCCN(C)S(=O)(=O)Nc1ccc(OC)cc1C(F)(F)F. The first kappa shape index (κ1) is 18.5. The van der Waals surface area contributed by atoms with E-state index in [4.69, 9.17) is 9.47 Å². The minimum absolute atomic E-state index is 0.00331. The van der Waals surface area contributed by atoms with E-state index in [1.54, 1.807) is 0 Å². The predicted octanol–water partition coefficient (Wildman–Crippen LogP) is 1.95. The first-order valence-electron chi connectivity index (χ1n) is 6.10. The molecule has 10 heteroatoms. The summed E-state index contributed by atoms with van der Waals surface area (Å²) in [6.45, 7) is 0.121. The summed E-state index contributed by atoms with van der Waals surface area (Å²) in [5.41, 5.74) is -1.70. The molecule has 1 aromatic carbocycles. The molecule has 0 radical (unpaired) electrons. The molecule has 1 rings (SSSR count). The second-order valence-corrected chi connectivity index (χ2v) is 6.11. The van der Waals surface area contributed by atoms with Crippen molar-refractivity contribution in [3.05, 3.63) is 23.8 Å². The summed E-state index contributed by atoms with van der Waals surface area (Å²) in [5.74, 6) is -0.0250. The van der Waals surface area contributed by atoms with Crippen molar-refractivity contribution in [3.63, 3.8) is 0 Å². The highest BCUT2D eigenvalue weighted by atomic mass is 32.2. The number of likely N-dealkylation sites (N-methyl/N-ethyl adjacent to an activating group) is 1. The second kappa shape index (κ2) is 7.16. The molecule has 0 aromatic heterocycles. The van der Waals surface area contributed by atoms with E-state index in [2.05, 4.69) is 0 Å². The van der Waals surface area contributed by atoms with Crippen molar-refractivity contribution in [2.24, 2.45) is 0 Å². The maximum Gasteiger partial charge on any atom is 0.418 e. The fourth-order valence-corrected chi connectivity index (χ4v) is 2.46. The Morgan fingerprint density at radius 2 is 1.91 bits per heavy atom. The molecule has 0 heterocycles. The standard InChI is InChI=1S/C12H17F3N2O4S/c1-17(6-7-20-2)22(18,19)16-11-5-4-9(21-3)8-10(11)12(13,14)15/h4-5,8,16H,6-7H2,1-3H3. The number of alkyl halides is 3. The van der Waals surface area contributed by atoms with Crippen molar-refractivity contribution in [1.29, 1.82) is 0 Å². The molecule has 1 N–H and O–H groups in total. The predicted molar refractivity (Wildman–Crippen MR) is 75.0 cm³/mol. The lowest BCUT2D eigenvalue weighted by Gasteiger charge is -2.20. The van der Waals surface area contributed by atoms with Crippen LogP contribution in [0.1, 0.15) is 5.56 Å². The van der Waals surface area contributed by atoms with Crippen molar-refractivity contribution in [2.45, 2.75) is 6.18 Å². The molecule has 1 aromatic rings. The summed E-state index contributed by atoms with van der Waals surface area (Å²) < 4.78 is 75.3. The Morgan fingerprint density at radius 3 is 2.41 bits per heavy atom. The Balaban J connectivity index is 3.12. The number of nitrogens with zero attached hydrogens (tertiary/aromatic N) is 1. The molecule has 0 amide bonds. The van der Waals surface area contributed by atoms with Crippen LogP contribution in [0, 0.1) is 0 Å². The molecule has 0 spiro atoms. The minimum Gasteiger partial charge on any atom is -0.497 e. The molecular weight excluding hydrogens is 325 g/mol. The van der Waals surface area contributed by atoms with Gasteiger partial charge in [-0.1, -0.05) is 0 Å². The van der Waals surface area contributed by atoms with Crippen LogP contribution >= 0.6 is 0 Å². The third kappa shape index (κ3) is 4.75. The van der Waals surface area contributed by atoms with Gasteiger partial charge in [0.2, 0.25) is 0 Å². The topological polar surface area (TPSA) is 67.9 Å². The van der Waals surface area contributed by atoms with Gasteiger partial charge in [0, 0.05) is 20.7 Å². The lowest BCUT2D eigenvalue weighted by molar-refractivity contribution is -0.137. The summed E-state index contributed by atoms with van der Waals surface area (Å²) in [4.78, 5) is 0. The lowest BCUT2D eigenvalue weighted by Crippen LogP contribution is -2.35. The van der Waals surface area contributed by atoms with Gasteiger partial charge < -0.3 is 9.47 Å². The Morgan fingerprint density at radius 1 is 1.27 bits per heavy atom. The van der Waals surface area contributed by atoms with Crippen molar-refractivity contribution < 1.29 is 31.1 Å². The summed E-state index contributed by atoms with van der Waals surface area (Å²) >= 11 is 0. The van der Waals surface area contributed by atoms with Crippen LogP contribution in [0.15, 0.2) is 18.2 Å². The van der Waals surface area contributed by atoms with Gasteiger partial charge in [0.25, 0.3) is 0 Å². The van der Waals surface area contributed by atoms with Crippen LogP contribution in [0.5, 0.6) is 5.75 Å². The fraction of sp³-hybridized carbons (Fsp3) is 0.500. The molecule has 6 nitrogen and oxygen atoms in total. The van der Waals surface area contributed by atoms with E-state index in [0.29, 0.717) is 0 Å². The van der Waals surface area contributed by atoms with Crippen LogP contribution in [0.3, 0.4) is 0 Å². The first-order chi connectivity index (χ1) is 10.1. The molecule has 0 saturated heterocycles. The number of methoxy groups -OCH3 is 2. The molecule has 0 aliphatic carbocycles. The van der Waals surface area contributed by atoms with Gasteiger partial charge in [0.15, 0.2) is 0 Å². The summed E-state index contributed by atoms with van der Waals surface area (Å²) in [7, 11) is -0.283. The molecule has 0 fully saturated rings. The zero-order valence-electron chi connectivity index (χ0n) is 12.3. The molecule has 126 valence electrons. The van der Waals surface area contributed by atoms with Crippen LogP contribution in [0.25, 0.3) is 0 Å². The number of benzene rings is 1. The second-order valence-electron chi connectivity index (χ2n) is 4.33. The van der Waals surface area contributed by atoms with E-state index in [0.717, 1.165) is 16.4 Å². The van der Waals surface area contributed by atoms with E-state index in [1.165, 1.54) is 27.3 Å². The minimum atomic E-state index is -4.72. The van der Waals surface area contributed by atoms with Crippen molar-refractivity contribution in [3.8, 4) is 5.75 Å². The van der Waals surface area contributed by atoms with Gasteiger partial charge in [-0.25, -0.2) is 0 Å². The summed E-state index contributed by atoms with van der Waals surface area (Å²) in [6, 6.07) is 2.97. The zero-order chi connectivity index (χ0) is 17.0. The number of ether oxygens (including phenoxy) is 2. The Bertz CT molecular complexity index is 605. The van der Waals surface area contributed by atoms with Gasteiger partial charge in [-0.3, -0.25) is 4.72 Å². The number of halogens is 3. The first-order valence-corrected chi connectivity index (χ1v) is 7.54. The molecular formula is C12H17F3N2O4S. The molecule has 0 atom stereocenters. The molecule has 0 bridgehead atoms. The van der Waals surface area contributed by atoms with Crippen LogP contribution < -0.4 is 9.46 Å². The fourth-order valence-electron chi connectivity index (χ4n) is 1.53. The third-order valence-electron chi connectivity index (χ3n) is 2.79. The van der Waals surface area contributed by atoms with Gasteiger partial charge in [0.05, 0.1) is 25.0 Å². The number of hydrogen-bond acceptors (Lipinski definition) is 4. The largest absolute Gasteiger partial charge is 0.497 e. The Kier molecular flexibility index (Phi) is 6.03. The quantitative estimate of drug-likeness (QED) is 0.822. The van der Waals surface area contributed by atoms with Crippen molar-refractivity contribution in [1.82, 2.24) is 4.31 Å². The van der Waals surface area contributed by atoms with E-state index in [1.807, 2.05) is 4.72 Å². The molecule has 0 aliphatic heterocycles. The molecule has 0 saturated carbocycles. The van der Waals surface area contributed by atoms with Gasteiger partial charge in [-0.15, -0.1) is 0 Å². The highest BCUT2D eigenvalue weighted by Gasteiger charge is 2.35. The average molecular weight is 342 g/mol. The van der Waals surface area contributed by atoms with Crippen molar-refractivity contribution >= 4 is 15.9 Å². The van der Waals surface area contributed by atoms with Crippen LogP contribution in [0.4, 0.5) is 18.9 Å². The Hall–Kier alpha value is -1.52. The number of nitrogens with one attached hydrogen (secondary N) is 1. The molecule has 0 unspecified atom stereocenters. The average Bonchev–Trinajstić information content (AvgIpc) is 2.43. The zero-order valence-corrected chi connectivity index (χ0v) is 13.1. The lowest BCUT2D eigenvalue weighted by atomic mass is 10.1. The van der Waals surface area contributed by atoms with Crippen LogP contribution in [0.2, 0.25) is 0 Å². The highest BCUT2D eigenvalue weighted by Crippen LogP contribution is 2.37. The summed E-state index contributed by atoms with van der Waals surface area (Å²) in [6.07, 6.45) is -4.72. The number of anilines is 1. The monoisotopic (exact) mass is 342 g/mol. The van der Waals surface area contributed by atoms with Crippen LogP contribution in [-0.4, -0.2) is 47.1 Å². The van der Waals surface area contributed by atoms with E-state index >= 15 is 0 Å². The maximum absolute atomic E-state index is 13.0. The van der Waals surface area contributed by atoms with Gasteiger partial charge in [-0.2, -0.15) is 25.9 Å². The van der Waals surface area contributed by atoms with E-state index in [9.17, 15) is 21.6 Å². The normalized spacial score (nSPS) is 12.5. The summed E-state index contributed by atoms with van der Waals surface area (Å²) in [5, 5.41) is 0. The third-order valence-corrected chi connectivity index (χ3v) is 4.27. The molecule has 0 aliphatic rings. The van der Waals surface area contributed by atoms with Gasteiger partial charge in [0.1, 0.15) is 5.75 Å². The van der Waals surface area contributed by atoms with Crippen LogP contribution in [-0.2, 0) is 21.1 Å². The maximum atomic E-state index is 13.0. The highest BCUT2D eigenvalue weighted by molar-refractivity contribution is 7.90. The van der Waals surface area contributed by atoms with Crippen molar-refractivity contribution in [2.75, 3.05) is 39.1 Å². The Labute approximate surface area is 127 Å². The van der Waals surface area contributed by atoms with E-state index < -0.39 is 27.6 Å². The smallest absolute Gasteiger partial charge is 0.418 e. The van der Waals surface area contributed by atoms with Gasteiger partial charge in [-0.05, 0) is 18.2 Å². The van der Waals surface area contributed by atoms with E-state index in [-0.39, 0.29) is 18.9 Å². The number of hydrogen-bond donors (Lipinski definition) is 1. The number of rotatable bonds is 7.